The Morgan fingerprint density at radius 1 is 1.10 bits per heavy atom. The summed E-state index contributed by atoms with van der Waals surface area (Å²) in [5, 5.41) is 11.1. The Bertz CT molecular complexity index is 1330. The molecule has 0 fully saturated rings. The van der Waals surface area contributed by atoms with E-state index in [9.17, 15) is 9.90 Å². The predicted molar refractivity (Wildman–Crippen MR) is 113 cm³/mol. The van der Waals surface area contributed by atoms with Crippen LogP contribution in [0.2, 0.25) is 0 Å². The molecule has 1 amide bonds. The van der Waals surface area contributed by atoms with Crippen molar-refractivity contribution in [2.75, 3.05) is 4.90 Å². The van der Waals surface area contributed by atoms with Gasteiger partial charge in [-0.3, -0.25) is 4.40 Å². The molecule has 0 radical (unpaired) electrons. The van der Waals surface area contributed by atoms with E-state index >= 15 is 0 Å². The molecule has 5 aromatic rings. The zero-order chi connectivity index (χ0) is 19.8. The van der Waals surface area contributed by atoms with E-state index < -0.39 is 6.09 Å². The molecule has 0 aliphatic heterocycles. The van der Waals surface area contributed by atoms with E-state index in [1.807, 2.05) is 40.9 Å². The van der Waals surface area contributed by atoms with Gasteiger partial charge in [0, 0.05) is 17.3 Å². The number of carboxylic acid groups (broad SMARTS) is 1. The maximum atomic E-state index is 11.9. The lowest BCUT2D eigenvalue weighted by atomic mass is 10.3. The van der Waals surface area contributed by atoms with E-state index in [0.29, 0.717) is 16.6 Å². The number of thiazole rings is 1. The van der Waals surface area contributed by atoms with Crippen LogP contribution < -0.4 is 4.90 Å². The number of benzene rings is 2. The maximum absolute atomic E-state index is 11.9. The first-order chi connectivity index (χ1) is 14.2. The van der Waals surface area contributed by atoms with Crippen LogP contribution in [0.25, 0.3) is 16.0 Å². The van der Waals surface area contributed by atoms with Gasteiger partial charge in [0.15, 0.2) is 0 Å². The Balaban J connectivity index is 1.51. The van der Waals surface area contributed by atoms with Gasteiger partial charge in [-0.2, -0.15) is 0 Å². The zero-order valence-corrected chi connectivity index (χ0v) is 16.5. The lowest BCUT2D eigenvalue weighted by Gasteiger charge is -2.15. The molecule has 5 rings (SSSR count). The van der Waals surface area contributed by atoms with Crippen LogP contribution in [0.5, 0.6) is 0 Å². The molecule has 0 bridgehead atoms. The summed E-state index contributed by atoms with van der Waals surface area (Å²) >= 11 is 2.91. The van der Waals surface area contributed by atoms with Crippen LogP contribution in [-0.2, 0) is 0 Å². The largest absolute Gasteiger partial charge is 0.464 e. The van der Waals surface area contributed by atoms with Crippen LogP contribution >= 0.6 is 23.1 Å². The zero-order valence-electron chi connectivity index (χ0n) is 14.8. The Morgan fingerprint density at radius 2 is 1.97 bits per heavy atom. The number of hydrogen-bond donors (Lipinski definition) is 1. The molecule has 142 valence electrons. The third-order valence-corrected chi connectivity index (χ3v) is 6.23. The highest BCUT2D eigenvalue weighted by atomic mass is 32.2. The molecule has 0 saturated heterocycles. The lowest BCUT2D eigenvalue weighted by Crippen LogP contribution is -2.23. The summed E-state index contributed by atoms with van der Waals surface area (Å²) in [7, 11) is 0. The molecule has 0 saturated carbocycles. The number of imidazole rings is 1. The van der Waals surface area contributed by atoms with Crippen molar-refractivity contribution < 1.29 is 9.90 Å². The van der Waals surface area contributed by atoms with Crippen LogP contribution in [0.3, 0.4) is 0 Å². The first-order valence-corrected chi connectivity index (χ1v) is 10.3. The summed E-state index contributed by atoms with van der Waals surface area (Å²) in [6.07, 6.45) is 4.36. The summed E-state index contributed by atoms with van der Waals surface area (Å²) in [5.41, 5.74) is 1.32. The summed E-state index contributed by atoms with van der Waals surface area (Å²) in [6, 6.07) is 16.7. The number of rotatable bonds is 4. The number of nitrogens with zero attached hydrogens (tertiary/aromatic N) is 5. The van der Waals surface area contributed by atoms with Crippen molar-refractivity contribution in [2.45, 2.75) is 9.92 Å². The van der Waals surface area contributed by atoms with Crippen molar-refractivity contribution in [2.24, 2.45) is 0 Å². The molecule has 2 aromatic carbocycles. The Kier molecular flexibility index (Phi) is 4.38. The molecule has 0 aliphatic carbocycles. The monoisotopic (exact) mass is 419 g/mol. The van der Waals surface area contributed by atoms with E-state index in [4.69, 9.17) is 0 Å². The molecule has 1 N–H and O–H groups in total. The number of aromatic nitrogens is 4. The van der Waals surface area contributed by atoms with Crippen molar-refractivity contribution in [3.8, 4) is 0 Å². The van der Waals surface area contributed by atoms with Crippen LogP contribution in [0.4, 0.5) is 15.6 Å². The smallest absolute Gasteiger partial charge is 0.418 e. The Morgan fingerprint density at radius 3 is 2.79 bits per heavy atom. The highest BCUT2D eigenvalue weighted by Crippen LogP contribution is 2.36. The van der Waals surface area contributed by atoms with Crippen molar-refractivity contribution in [1.29, 1.82) is 0 Å². The molecule has 3 heterocycles. The Labute approximate surface area is 173 Å². The average Bonchev–Trinajstić information content (AvgIpc) is 3.33. The quantitative estimate of drug-likeness (QED) is 0.425. The fourth-order valence-corrected chi connectivity index (χ4v) is 4.93. The lowest BCUT2D eigenvalue weighted by molar-refractivity contribution is 0.205. The van der Waals surface area contributed by atoms with Crippen molar-refractivity contribution in [3.63, 3.8) is 0 Å². The molecule has 0 atom stereocenters. The van der Waals surface area contributed by atoms with Crippen LogP contribution in [-0.4, -0.2) is 30.6 Å². The van der Waals surface area contributed by atoms with Gasteiger partial charge in [0.05, 0.1) is 22.1 Å². The maximum Gasteiger partial charge on any atom is 0.418 e. The van der Waals surface area contributed by atoms with E-state index in [2.05, 4.69) is 15.0 Å². The minimum atomic E-state index is -1.07. The normalized spacial score (nSPS) is 11.2. The average molecular weight is 419 g/mol. The van der Waals surface area contributed by atoms with Gasteiger partial charge < -0.3 is 5.11 Å². The standard InChI is InChI=1S/C20H13N5O2S2/c26-20(27)25(13-5-2-1-3-6-13)19-23-15-8-7-14(11-16(15)29-19)28-17-12-22-18-21-9-4-10-24(17)18/h1-12H,(H,26,27). The number of carbonyl (C=O) groups is 1. The number of hydrogen-bond acceptors (Lipinski definition) is 6. The molecular weight excluding hydrogens is 406 g/mol. The van der Waals surface area contributed by atoms with Crippen LogP contribution in [0, 0.1) is 0 Å². The summed E-state index contributed by atoms with van der Waals surface area (Å²) < 4.78 is 2.84. The highest BCUT2D eigenvalue weighted by molar-refractivity contribution is 7.99. The molecule has 3 aromatic heterocycles. The van der Waals surface area contributed by atoms with Crippen LogP contribution in [0.15, 0.2) is 83.1 Å². The second kappa shape index (κ2) is 7.19. The fourth-order valence-electron chi connectivity index (χ4n) is 2.93. The third kappa shape index (κ3) is 3.30. The minimum absolute atomic E-state index is 0.417. The third-order valence-electron chi connectivity index (χ3n) is 4.22. The SMILES string of the molecule is O=C(O)N(c1ccccc1)c1nc2ccc(Sc3cnc4ncccn34)cc2s1. The molecule has 0 unspecified atom stereocenters. The number of para-hydroxylation sites is 1. The van der Waals surface area contributed by atoms with Gasteiger partial charge in [-0.25, -0.2) is 24.6 Å². The van der Waals surface area contributed by atoms with Crippen molar-refractivity contribution in [3.05, 3.63) is 73.2 Å². The van der Waals surface area contributed by atoms with Gasteiger partial charge >= 0.3 is 6.09 Å². The van der Waals surface area contributed by atoms with Crippen molar-refractivity contribution in [1.82, 2.24) is 19.4 Å². The second-order valence-corrected chi connectivity index (χ2v) is 8.17. The minimum Gasteiger partial charge on any atom is -0.464 e. The van der Waals surface area contributed by atoms with Gasteiger partial charge in [0.1, 0.15) is 5.03 Å². The van der Waals surface area contributed by atoms with Gasteiger partial charge in [0.25, 0.3) is 0 Å². The second-order valence-electron chi connectivity index (χ2n) is 6.07. The van der Waals surface area contributed by atoms with Crippen molar-refractivity contribution >= 4 is 56.0 Å². The van der Waals surface area contributed by atoms with E-state index in [1.54, 1.807) is 48.4 Å². The summed E-state index contributed by atoms with van der Waals surface area (Å²) in [5.74, 6) is 0.649. The Hall–Kier alpha value is -3.43. The molecular formula is C20H13N5O2S2. The first kappa shape index (κ1) is 17.7. The first-order valence-electron chi connectivity index (χ1n) is 8.64. The molecule has 9 heteroatoms. The van der Waals surface area contributed by atoms with Gasteiger partial charge in [-0.1, -0.05) is 41.3 Å². The summed E-state index contributed by atoms with van der Waals surface area (Å²) in [6.45, 7) is 0. The molecule has 29 heavy (non-hydrogen) atoms. The number of fused-ring (bicyclic) bond motifs is 2. The molecule has 0 spiro atoms. The number of amides is 1. The van der Waals surface area contributed by atoms with E-state index in [0.717, 1.165) is 20.1 Å². The van der Waals surface area contributed by atoms with Gasteiger partial charge in [0.2, 0.25) is 10.9 Å². The predicted octanol–water partition coefficient (Wildman–Crippen LogP) is 5.31. The van der Waals surface area contributed by atoms with Gasteiger partial charge in [-0.05, 0) is 36.4 Å². The van der Waals surface area contributed by atoms with E-state index in [-0.39, 0.29) is 0 Å². The summed E-state index contributed by atoms with van der Waals surface area (Å²) in [4.78, 5) is 27.1. The number of anilines is 2. The molecule has 7 nitrogen and oxygen atoms in total. The van der Waals surface area contributed by atoms with Gasteiger partial charge in [-0.15, -0.1) is 0 Å². The topological polar surface area (TPSA) is 83.6 Å². The highest BCUT2D eigenvalue weighted by Gasteiger charge is 2.21. The van der Waals surface area contributed by atoms with Crippen LogP contribution in [0.1, 0.15) is 0 Å². The van der Waals surface area contributed by atoms with E-state index in [1.165, 1.54) is 16.2 Å². The fraction of sp³-hybridized carbons (Fsp3) is 0. The molecule has 0 aliphatic rings.